The molecule has 0 radical (unpaired) electrons. The summed E-state index contributed by atoms with van der Waals surface area (Å²) in [6.07, 6.45) is -2.66. The highest BCUT2D eigenvalue weighted by Gasteiger charge is 2.55. The lowest BCUT2D eigenvalue weighted by atomic mass is 10.0. The standard InChI is InChI=1S/C6H10O5.C5H12O2S/c7-1-2-3(8)4(9)5-6(10-2)11-5;6-2-1-4-8-5-3-7/h2-9H,1H2;6-7H,1-5H2. The average molecular weight is 298 g/mol. The number of fused-ring (bicyclic) bond motifs is 1. The van der Waals surface area contributed by atoms with E-state index in [-0.39, 0.29) is 19.8 Å². The largest absolute Gasteiger partial charge is 0.396 e. The van der Waals surface area contributed by atoms with E-state index in [1.807, 2.05) is 0 Å². The molecule has 5 atom stereocenters. The molecule has 2 aliphatic heterocycles. The van der Waals surface area contributed by atoms with Gasteiger partial charge in [0.15, 0.2) is 6.29 Å². The molecule has 2 rings (SSSR count). The Morgan fingerprint density at radius 1 is 0.895 bits per heavy atom. The summed E-state index contributed by atoms with van der Waals surface area (Å²) in [5.41, 5.74) is 0. The fourth-order valence-corrected chi connectivity index (χ4v) is 2.28. The molecule has 19 heavy (non-hydrogen) atoms. The minimum atomic E-state index is -1.04. The molecule has 2 aliphatic rings. The summed E-state index contributed by atoms with van der Waals surface area (Å²) in [6, 6.07) is 0. The molecule has 0 aliphatic carbocycles. The third-order valence-electron chi connectivity index (χ3n) is 2.72. The Morgan fingerprint density at radius 2 is 1.63 bits per heavy atom. The first-order chi connectivity index (χ1) is 9.15. The molecule has 0 saturated carbocycles. The van der Waals surface area contributed by atoms with Crippen molar-refractivity contribution in [2.24, 2.45) is 0 Å². The van der Waals surface area contributed by atoms with Gasteiger partial charge in [0.1, 0.15) is 24.4 Å². The molecule has 5 unspecified atom stereocenters. The van der Waals surface area contributed by atoms with Gasteiger partial charge in [0.25, 0.3) is 0 Å². The van der Waals surface area contributed by atoms with Crippen molar-refractivity contribution < 1.29 is 35.0 Å². The van der Waals surface area contributed by atoms with Crippen LogP contribution in [0.15, 0.2) is 0 Å². The molecular weight excluding hydrogens is 276 g/mol. The number of hydrogen-bond donors (Lipinski definition) is 5. The van der Waals surface area contributed by atoms with Crippen molar-refractivity contribution in [2.75, 3.05) is 31.3 Å². The number of aliphatic hydroxyl groups is 5. The van der Waals surface area contributed by atoms with E-state index >= 15 is 0 Å². The number of epoxide rings is 1. The summed E-state index contributed by atoms with van der Waals surface area (Å²) >= 11 is 1.67. The van der Waals surface area contributed by atoms with E-state index in [0.717, 1.165) is 17.9 Å². The molecule has 0 bridgehead atoms. The summed E-state index contributed by atoms with van der Waals surface area (Å²) in [6.45, 7) is 0.208. The highest BCUT2D eigenvalue weighted by molar-refractivity contribution is 7.99. The molecule has 0 aromatic heterocycles. The third kappa shape index (κ3) is 5.52. The molecule has 114 valence electrons. The molecule has 5 N–H and O–H groups in total. The van der Waals surface area contributed by atoms with Crippen molar-refractivity contribution in [1.29, 1.82) is 0 Å². The van der Waals surface area contributed by atoms with Crippen molar-refractivity contribution >= 4 is 11.8 Å². The lowest BCUT2D eigenvalue weighted by Crippen LogP contribution is -2.48. The van der Waals surface area contributed by atoms with Crippen LogP contribution in [0.5, 0.6) is 0 Å². The van der Waals surface area contributed by atoms with Crippen LogP contribution in [0.2, 0.25) is 0 Å². The number of aliphatic hydroxyl groups excluding tert-OH is 5. The van der Waals surface area contributed by atoms with Crippen LogP contribution in [0.4, 0.5) is 0 Å². The van der Waals surface area contributed by atoms with E-state index < -0.39 is 30.7 Å². The van der Waals surface area contributed by atoms with Crippen molar-refractivity contribution in [3.8, 4) is 0 Å². The Balaban J connectivity index is 0.000000203. The molecule has 2 heterocycles. The lowest BCUT2D eigenvalue weighted by molar-refractivity contribution is -0.144. The highest BCUT2D eigenvalue weighted by Crippen LogP contribution is 2.35. The van der Waals surface area contributed by atoms with Crippen molar-refractivity contribution in [2.45, 2.75) is 37.1 Å². The minimum absolute atomic E-state index is 0.246. The van der Waals surface area contributed by atoms with Gasteiger partial charge in [-0.2, -0.15) is 11.8 Å². The van der Waals surface area contributed by atoms with E-state index in [1.54, 1.807) is 11.8 Å². The number of thioether (sulfide) groups is 1. The molecule has 2 saturated heterocycles. The maximum Gasteiger partial charge on any atom is 0.187 e. The Labute approximate surface area is 116 Å². The van der Waals surface area contributed by atoms with Gasteiger partial charge in [0.05, 0.1) is 13.2 Å². The van der Waals surface area contributed by atoms with Gasteiger partial charge in [-0.15, -0.1) is 0 Å². The van der Waals surface area contributed by atoms with Crippen LogP contribution >= 0.6 is 11.8 Å². The van der Waals surface area contributed by atoms with E-state index in [2.05, 4.69) is 0 Å². The van der Waals surface area contributed by atoms with E-state index in [9.17, 15) is 10.2 Å². The van der Waals surface area contributed by atoms with Crippen LogP contribution in [-0.2, 0) is 9.47 Å². The Kier molecular flexibility index (Phi) is 8.19. The normalized spacial score (nSPS) is 36.2. The molecule has 7 nitrogen and oxygen atoms in total. The molecule has 8 heteroatoms. The van der Waals surface area contributed by atoms with E-state index in [4.69, 9.17) is 24.8 Å². The first-order valence-electron chi connectivity index (χ1n) is 6.23. The first-order valence-corrected chi connectivity index (χ1v) is 7.38. The average Bonchev–Trinajstić information content (AvgIpc) is 3.19. The number of hydrogen-bond acceptors (Lipinski definition) is 8. The van der Waals surface area contributed by atoms with Crippen LogP contribution in [0.3, 0.4) is 0 Å². The van der Waals surface area contributed by atoms with E-state index in [0.29, 0.717) is 0 Å². The van der Waals surface area contributed by atoms with Crippen LogP contribution < -0.4 is 0 Å². The maximum atomic E-state index is 9.22. The Hall–Kier alpha value is 0.0700. The fraction of sp³-hybridized carbons (Fsp3) is 1.00. The second-order valence-corrected chi connectivity index (χ2v) is 5.45. The topological polar surface area (TPSA) is 123 Å². The van der Waals surface area contributed by atoms with Gasteiger partial charge in [-0.1, -0.05) is 0 Å². The predicted molar refractivity (Wildman–Crippen MR) is 68.7 cm³/mol. The van der Waals surface area contributed by atoms with Gasteiger partial charge in [-0.3, -0.25) is 0 Å². The molecule has 0 aromatic carbocycles. The Bertz CT molecular complexity index is 237. The smallest absolute Gasteiger partial charge is 0.187 e. The molecule has 0 aromatic rings. The van der Waals surface area contributed by atoms with Crippen molar-refractivity contribution in [3.63, 3.8) is 0 Å². The first kappa shape index (κ1) is 17.1. The maximum absolute atomic E-state index is 9.22. The SMILES string of the molecule is OCC1OC2OC2C(O)C1O.OCCCSCCO. The zero-order valence-corrected chi connectivity index (χ0v) is 11.4. The van der Waals surface area contributed by atoms with Gasteiger partial charge >= 0.3 is 0 Å². The minimum Gasteiger partial charge on any atom is -0.396 e. The van der Waals surface area contributed by atoms with Crippen LogP contribution in [0.25, 0.3) is 0 Å². The summed E-state index contributed by atoms with van der Waals surface area (Å²) in [7, 11) is 0. The van der Waals surface area contributed by atoms with Crippen molar-refractivity contribution in [1.82, 2.24) is 0 Å². The van der Waals surface area contributed by atoms with E-state index in [1.165, 1.54) is 0 Å². The van der Waals surface area contributed by atoms with Gasteiger partial charge in [-0.05, 0) is 12.2 Å². The fourth-order valence-electron chi connectivity index (χ4n) is 1.61. The van der Waals surface area contributed by atoms with Gasteiger partial charge in [0, 0.05) is 12.4 Å². The van der Waals surface area contributed by atoms with Crippen LogP contribution in [-0.4, -0.2) is 87.6 Å². The summed E-state index contributed by atoms with van der Waals surface area (Å²) in [4.78, 5) is 0. The number of ether oxygens (including phenoxy) is 2. The number of rotatable bonds is 6. The third-order valence-corrected chi connectivity index (χ3v) is 3.77. The van der Waals surface area contributed by atoms with Gasteiger partial charge in [0.2, 0.25) is 0 Å². The van der Waals surface area contributed by atoms with Crippen LogP contribution in [0.1, 0.15) is 6.42 Å². The summed E-state index contributed by atoms with van der Waals surface area (Å²) in [5, 5.41) is 43.7. The monoisotopic (exact) mass is 298 g/mol. The second-order valence-electron chi connectivity index (χ2n) is 4.22. The van der Waals surface area contributed by atoms with Gasteiger partial charge in [-0.25, -0.2) is 0 Å². The second kappa shape index (κ2) is 9.09. The quantitative estimate of drug-likeness (QED) is 0.280. The molecular formula is C11H22O7S. The lowest BCUT2D eigenvalue weighted by Gasteiger charge is -2.27. The summed E-state index contributed by atoms with van der Waals surface area (Å²) < 4.78 is 9.86. The van der Waals surface area contributed by atoms with Crippen LogP contribution in [0, 0.1) is 0 Å². The van der Waals surface area contributed by atoms with Crippen molar-refractivity contribution in [3.05, 3.63) is 0 Å². The highest BCUT2D eigenvalue weighted by atomic mass is 32.2. The van der Waals surface area contributed by atoms with Gasteiger partial charge < -0.3 is 35.0 Å². The zero-order chi connectivity index (χ0) is 14.3. The molecule has 0 spiro atoms. The zero-order valence-electron chi connectivity index (χ0n) is 10.6. The Morgan fingerprint density at radius 3 is 2.21 bits per heavy atom. The summed E-state index contributed by atoms with van der Waals surface area (Å²) in [5.74, 6) is 1.75. The molecule has 0 amide bonds. The molecule has 2 fully saturated rings. The predicted octanol–water partition coefficient (Wildman–Crippen LogP) is -2.08.